The molecular formula is C62H77ClN10O5S. The van der Waals surface area contributed by atoms with Gasteiger partial charge in [-0.1, -0.05) is 92.6 Å². The largest absolute Gasteiger partial charge is 0.391 e. The summed E-state index contributed by atoms with van der Waals surface area (Å²) in [6.07, 6.45) is 17.9. The molecule has 4 N–H and O–H groups in total. The van der Waals surface area contributed by atoms with E-state index in [1.54, 1.807) is 22.3 Å². The Hall–Kier alpha value is -5.20. The summed E-state index contributed by atoms with van der Waals surface area (Å²) >= 11 is 8.31. The van der Waals surface area contributed by atoms with E-state index in [1.807, 2.05) is 29.6 Å². The second-order valence-electron chi connectivity index (χ2n) is 24.4. The van der Waals surface area contributed by atoms with Crippen molar-refractivity contribution in [1.82, 2.24) is 50.5 Å². The number of nitrogens with one attached hydrogen (secondary N) is 3. The van der Waals surface area contributed by atoms with E-state index in [1.165, 1.54) is 23.2 Å². The number of aromatic nitrogens is 3. The van der Waals surface area contributed by atoms with Gasteiger partial charge in [-0.05, 0) is 129 Å². The Morgan fingerprint density at radius 2 is 1.68 bits per heavy atom. The van der Waals surface area contributed by atoms with Gasteiger partial charge in [-0.2, -0.15) is 4.98 Å². The zero-order valence-corrected chi connectivity index (χ0v) is 47.3. The second kappa shape index (κ2) is 22.6. The molecule has 15 nitrogen and oxygen atoms in total. The monoisotopic (exact) mass is 1110 g/mol. The highest BCUT2D eigenvalue weighted by Gasteiger charge is 2.48. The molecule has 79 heavy (non-hydrogen) atoms. The van der Waals surface area contributed by atoms with E-state index in [-0.39, 0.29) is 47.7 Å². The highest BCUT2D eigenvalue weighted by atomic mass is 35.5. The number of benzene rings is 3. The molecule has 6 fully saturated rings. The van der Waals surface area contributed by atoms with Gasteiger partial charge in [-0.15, -0.1) is 16.9 Å². The maximum Gasteiger partial charge on any atom is 0.282 e. The minimum Gasteiger partial charge on any atom is -0.391 e. The van der Waals surface area contributed by atoms with E-state index in [0.717, 1.165) is 161 Å². The second-order valence-corrected chi connectivity index (χ2v) is 25.7. The van der Waals surface area contributed by atoms with Gasteiger partial charge in [0.2, 0.25) is 11.8 Å². The van der Waals surface area contributed by atoms with Gasteiger partial charge < -0.3 is 30.4 Å². The molecule has 0 bridgehead atoms. The number of fused-ring (bicyclic) bond motifs is 7. The number of nitrogens with zero attached hydrogens (tertiary/aromatic N) is 7. The summed E-state index contributed by atoms with van der Waals surface area (Å²) in [5.41, 5.74) is 17.3. The Bertz CT molecular complexity index is 3140. The van der Waals surface area contributed by atoms with E-state index >= 15 is 4.79 Å². The van der Waals surface area contributed by atoms with Crippen LogP contribution in [0, 0.1) is 24.7 Å². The lowest BCUT2D eigenvalue weighted by Crippen LogP contribution is -2.58. The van der Waals surface area contributed by atoms with Gasteiger partial charge in [0.15, 0.2) is 0 Å². The lowest BCUT2D eigenvalue weighted by molar-refractivity contribution is -0.145. The number of ether oxygens (including phenoxy) is 1. The molecule has 13 rings (SSSR count). The van der Waals surface area contributed by atoms with Gasteiger partial charge in [-0.25, -0.2) is 4.98 Å². The van der Waals surface area contributed by atoms with Gasteiger partial charge in [-0.3, -0.25) is 28.9 Å². The summed E-state index contributed by atoms with van der Waals surface area (Å²) in [5, 5.41) is 17.6. The molecule has 8 aliphatic rings. The Morgan fingerprint density at radius 3 is 2.46 bits per heavy atom. The van der Waals surface area contributed by atoms with Crippen LogP contribution in [0.15, 0.2) is 82.9 Å². The number of thiazole rings is 1. The average Bonchev–Trinajstić information content (AvgIpc) is 3.46. The number of aryl methyl sites for hydroxylation is 1. The van der Waals surface area contributed by atoms with Crippen molar-refractivity contribution in [3.8, 4) is 16.1 Å². The quantitative estimate of drug-likeness (QED) is 0.0889. The fraction of sp³-hybridized carbons (Fsp3) is 0.565. The van der Waals surface area contributed by atoms with E-state index in [9.17, 15) is 14.7 Å². The van der Waals surface area contributed by atoms with Gasteiger partial charge >= 0.3 is 0 Å². The number of hydrogen-bond donors (Lipinski definition) is 4. The average molecular weight is 1110 g/mol. The molecule has 5 atom stereocenters. The van der Waals surface area contributed by atoms with Crippen molar-refractivity contribution in [2.45, 2.75) is 145 Å². The third-order valence-corrected chi connectivity index (χ3v) is 20.9. The summed E-state index contributed by atoms with van der Waals surface area (Å²) in [6.45, 7) is 8.87. The molecule has 3 saturated carbocycles. The standard InChI is InChI=1S/C62H77ClN10O5S/c1-39-57(79-38-64-39)44-19-17-41(18-20-44)50(36-69-27-29-78-30-28-69)65-58(75)54-32-47(74)35-71(54)60(77)56(43-9-4-2-5-10-43)72-37-51(67-68-72)42-15-13-40(14-16-42)33-70-26-23-46(34-70)45-21-22-48-53(31-45)73-52-12-8-11-49(63)55(52)59(76)66-61(73)62(48)24-6-3-7-25-62/h8,11-12,17-22,31,37-38,40,42-43,46-47,50,54,56,67-68,74H,2-7,9-10,13-16,23-30,32-36H2,1H3,(H,65,75)/t40?,42?,46?,47-,50+,54+,56+/m1/s1. The Balaban J connectivity index is 0.662. The maximum absolute atomic E-state index is 15.2. The number of likely N-dealkylation sites (tertiary alicyclic amines) is 2. The molecule has 5 aromatic rings. The number of hydrogen-bond acceptors (Lipinski definition) is 13. The van der Waals surface area contributed by atoms with E-state index < -0.39 is 18.2 Å². The van der Waals surface area contributed by atoms with E-state index in [2.05, 4.69) is 84.3 Å². The van der Waals surface area contributed by atoms with E-state index in [0.29, 0.717) is 47.9 Å². The predicted octanol–water partition coefficient (Wildman–Crippen LogP) is 8.90. The zero-order valence-electron chi connectivity index (χ0n) is 45.7. The summed E-state index contributed by atoms with van der Waals surface area (Å²) in [7, 11) is 0. The van der Waals surface area contributed by atoms with Crippen LogP contribution in [0.25, 0.3) is 27.0 Å². The number of allylic oxidation sites excluding steroid dienone is 1. The van der Waals surface area contributed by atoms with Crippen LogP contribution in [0.2, 0.25) is 5.02 Å². The van der Waals surface area contributed by atoms with Crippen LogP contribution < -0.4 is 21.8 Å². The number of halogens is 1. The van der Waals surface area contributed by atoms with Crippen LogP contribution in [-0.2, 0) is 19.7 Å². The highest BCUT2D eigenvalue weighted by Crippen LogP contribution is 2.52. The van der Waals surface area contributed by atoms with Crippen molar-refractivity contribution in [2.75, 3.05) is 59.0 Å². The molecule has 3 aromatic carbocycles. The number of hydrazine groups is 2. The van der Waals surface area contributed by atoms with Crippen molar-refractivity contribution in [2.24, 2.45) is 17.8 Å². The van der Waals surface area contributed by atoms with Gasteiger partial charge in [0.1, 0.15) is 17.9 Å². The number of amides is 2. The first-order valence-corrected chi connectivity index (χ1v) is 31.0. The first kappa shape index (κ1) is 53.1. The first-order valence-electron chi connectivity index (χ1n) is 29.8. The van der Waals surface area contributed by atoms with Crippen LogP contribution in [0.4, 0.5) is 0 Å². The molecule has 3 saturated heterocycles. The smallest absolute Gasteiger partial charge is 0.282 e. The Kier molecular flexibility index (Phi) is 15.2. The van der Waals surface area contributed by atoms with Crippen molar-refractivity contribution in [1.29, 1.82) is 0 Å². The first-order chi connectivity index (χ1) is 38.6. The summed E-state index contributed by atoms with van der Waals surface area (Å²) in [5.74, 6) is 2.11. The lowest BCUT2D eigenvalue weighted by Gasteiger charge is -2.38. The van der Waals surface area contributed by atoms with Crippen LogP contribution in [0.5, 0.6) is 0 Å². The fourth-order valence-electron chi connectivity index (χ4n) is 15.4. The van der Waals surface area contributed by atoms with Crippen LogP contribution >= 0.6 is 22.9 Å². The number of carbonyl (C=O) groups is 2. The number of carbonyl (C=O) groups excluding carboxylic acids is 2. The molecule has 17 heteroatoms. The van der Waals surface area contributed by atoms with Gasteiger partial charge in [0.25, 0.3) is 5.56 Å². The lowest BCUT2D eigenvalue weighted by atomic mass is 9.69. The predicted molar refractivity (Wildman–Crippen MR) is 309 cm³/mol. The molecule has 0 radical (unpaired) electrons. The fourth-order valence-corrected chi connectivity index (χ4v) is 16.5. The normalized spacial score (nSPS) is 26.3. The van der Waals surface area contributed by atoms with Crippen molar-refractivity contribution in [3.05, 3.63) is 122 Å². The Morgan fingerprint density at radius 1 is 0.899 bits per heavy atom. The molecule has 7 heterocycles. The molecule has 418 valence electrons. The summed E-state index contributed by atoms with van der Waals surface area (Å²) in [6, 6.07) is 19.7. The third-order valence-electron chi connectivity index (χ3n) is 19.6. The number of aliphatic hydroxyl groups excluding tert-OH is 1. The molecule has 5 aliphatic heterocycles. The molecule has 3 aliphatic carbocycles. The topological polar surface area (TPSA) is 160 Å². The van der Waals surface area contributed by atoms with Crippen LogP contribution in [-0.4, -0.2) is 128 Å². The minimum absolute atomic E-state index is 0.0955. The van der Waals surface area contributed by atoms with Crippen LogP contribution in [0.1, 0.15) is 143 Å². The van der Waals surface area contributed by atoms with Crippen molar-refractivity contribution < 1.29 is 19.4 Å². The maximum atomic E-state index is 15.2. The summed E-state index contributed by atoms with van der Waals surface area (Å²) in [4.78, 5) is 60.6. The van der Waals surface area contributed by atoms with Gasteiger partial charge in [0.05, 0.1) is 68.5 Å². The third kappa shape index (κ3) is 10.3. The number of β-amino-alcohol motifs (C(OH)–C–C–N with tert-alkyl or cyclic N) is 1. The summed E-state index contributed by atoms with van der Waals surface area (Å²) < 4.78 is 7.95. The van der Waals surface area contributed by atoms with Crippen molar-refractivity contribution >= 4 is 45.7 Å². The van der Waals surface area contributed by atoms with Crippen LogP contribution in [0.3, 0.4) is 0 Å². The molecular weight excluding hydrogens is 1030 g/mol. The molecule has 2 aromatic heterocycles. The molecule has 1 spiro atoms. The number of rotatable bonds is 13. The zero-order chi connectivity index (χ0) is 53.8. The molecule has 2 amide bonds. The van der Waals surface area contributed by atoms with Crippen molar-refractivity contribution in [3.63, 3.8) is 0 Å². The number of morpholine rings is 1. The molecule has 1 unspecified atom stereocenters. The van der Waals surface area contributed by atoms with Gasteiger partial charge in [0, 0.05) is 63.5 Å². The minimum atomic E-state index is -0.789. The van der Waals surface area contributed by atoms with E-state index in [4.69, 9.17) is 21.3 Å². The highest BCUT2D eigenvalue weighted by molar-refractivity contribution is 7.13. The SMILES string of the molecule is Cc1ncsc1-c1ccc([C@H](CN2CCOCC2)NC(=O)[C@@H]2C[C@@H](O)CN2C(=O)[C@H](C2CCCCC2)N2C=C(C3CCC(CN4CCC(c5ccc6c(c5)-n5c(nc(=O)c7c(Cl)cccc75)C65CCCCC5)C4)CC3)NN2)cc1. The number of aliphatic hydroxyl groups is 1. The Labute approximate surface area is 473 Å².